The van der Waals surface area contributed by atoms with E-state index in [0.29, 0.717) is 0 Å². The Labute approximate surface area is 105 Å². The second kappa shape index (κ2) is 4.61. The molecular formula is C11H10BrFN2S. The zero-order valence-electron chi connectivity index (χ0n) is 8.58. The molecule has 1 aromatic heterocycles. The molecule has 0 radical (unpaired) electrons. The quantitative estimate of drug-likeness (QED) is 0.918. The van der Waals surface area contributed by atoms with Gasteiger partial charge in [-0.3, -0.25) is 0 Å². The summed E-state index contributed by atoms with van der Waals surface area (Å²) in [5.74, 6) is -0.268. The molecule has 2 N–H and O–H groups in total. The van der Waals surface area contributed by atoms with Crippen LogP contribution in [0.15, 0.2) is 28.9 Å². The molecule has 16 heavy (non-hydrogen) atoms. The van der Waals surface area contributed by atoms with Gasteiger partial charge in [0, 0.05) is 27.2 Å². The number of nitrogens with zero attached hydrogens (tertiary/aromatic N) is 1. The maximum atomic E-state index is 13.1. The molecule has 2 aromatic rings. The number of thiazole rings is 1. The maximum Gasteiger partial charge on any atom is 0.124 e. The standard InChI is InChI=1S/C11H10BrFN2S/c1-6(14)10-5-15-11(16-10)8-4-7(13)2-3-9(8)12/h2-6H,14H2,1H3. The first kappa shape index (κ1) is 11.7. The lowest BCUT2D eigenvalue weighted by Crippen LogP contribution is -2.01. The summed E-state index contributed by atoms with van der Waals surface area (Å²) in [6, 6.07) is 4.51. The van der Waals surface area contributed by atoms with Crippen LogP contribution in [-0.4, -0.2) is 4.98 Å². The van der Waals surface area contributed by atoms with Gasteiger partial charge in [-0.1, -0.05) is 15.9 Å². The lowest BCUT2D eigenvalue weighted by molar-refractivity contribution is 0.628. The molecule has 0 aliphatic carbocycles. The molecule has 1 atom stereocenters. The molecular weight excluding hydrogens is 291 g/mol. The minimum absolute atomic E-state index is 0.0430. The minimum Gasteiger partial charge on any atom is -0.323 e. The van der Waals surface area contributed by atoms with E-state index in [2.05, 4.69) is 20.9 Å². The highest BCUT2D eigenvalue weighted by molar-refractivity contribution is 9.10. The molecule has 5 heteroatoms. The van der Waals surface area contributed by atoms with Crippen LogP contribution >= 0.6 is 27.3 Å². The van der Waals surface area contributed by atoms with Crippen LogP contribution in [0.25, 0.3) is 10.6 Å². The Morgan fingerprint density at radius 2 is 2.25 bits per heavy atom. The lowest BCUT2D eigenvalue weighted by atomic mass is 10.2. The number of hydrogen-bond acceptors (Lipinski definition) is 3. The van der Waals surface area contributed by atoms with Gasteiger partial charge in [0.1, 0.15) is 10.8 Å². The van der Waals surface area contributed by atoms with Gasteiger partial charge in [-0.15, -0.1) is 11.3 Å². The summed E-state index contributed by atoms with van der Waals surface area (Å²) in [6.45, 7) is 1.90. The molecule has 0 bridgehead atoms. The van der Waals surface area contributed by atoms with E-state index in [9.17, 15) is 4.39 Å². The van der Waals surface area contributed by atoms with Gasteiger partial charge in [0.15, 0.2) is 0 Å². The monoisotopic (exact) mass is 300 g/mol. The summed E-state index contributed by atoms with van der Waals surface area (Å²) in [7, 11) is 0. The van der Waals surface area contributed by atoms with Gasteiger partial charge in [0.25, 0.3) is 0 Å². The van der Waals surface area contributed by atoms with Crippen LogP contribution in [-0.2, 0) is 0 Å². The Balaban J connectivity index is 2.46. The van der Waals surface area contributed by atoms with Crippen molar-refractivity contribution in [3.8, 4) is 10.6 Å². The smallest absolute Gasteiger partial charge is 0.124 e. The van der Waals surface area contributed by atoms with Crippen molar-refractivity contribution in [1.29, 1.82) is 0 Å². The van der Waals surface area contributed by atoms with Crippen LogP contribution in [0.4, 0.5) is 4.39 Å². The molecule has 1 aromatic carbocycles. The molecule has 0 fully saturated rings. The fraction of sp³-hybridized carbons (Fsp3) is 0.182. The summed E-state index contributed by atoms with van der Waals surface area (Å²) < 4.78 is 14.0. The van der Waals surface area contributed by atoms with Crippen LogP contribution in [0.1, 0.15) is 17.8 Å². The average molecular weight is 301 g/mol. The number of nitrogens with two attached hydrogens (primary N) is 1. The first-order valence-corrected chi connectivity index (χ1v) is 6.35. The normalized spacial score (nSPS) is 12.8. The van der Waals surface area contributed by atoms with E-state index in [1.54, 1.807) is 12.3 Å². The van der Waals surface area contributed by atoms with Crippen molar-refractivity contribution in [2.75, 3.05) is 0 Å². The Morgan fingerprint density at radius 3 is 2.88 bits per heavy atom. The summed E-state index contributed by atoms with van der Waals surface area (Å²) in [6.07, 6.45) is 1.74. The molecule has 0 aliphatic rings. The lowest BCUT2D eigenvalue weighted by Gasteiger charge is -2.00. The third-order valence-electron chi connectivity index (χ3n) is 2.13. The SMILES string of the molecule is CC(N)c1cnc(-c2cc(F)ccc2Br)s1. The van der Waals surface area contributed by atoms with E-state index in [-0.39, 0.29) is 11.9 Å². The van der Waals surface area contributed by atoms with Gasteiger partial charge in [-0.05, 0) is 25.1 Å². The molecule has 0 amide bonds. The van der Waals surface area contributed by atoms with Gasteiger partial charge in [-0.2, -0.15) is 0 Å². The highest BCUT2D eigenvalue weighted by Crippen LogP contribution is 2.33. The van der Waals surface area contributed by atoms with Gasteiger partial charge in [0.2, 0.25) is 0 Å². The van der Waals surface area contributed by atoms with Crippen LogP contribution in [0.3, 0.4) is 0 Å². The van der Waals surface area contributed by atoms with Crippen molar-refractivity contribution >= 4 is 27.3 Å². The average Bonchev–Trinajstić information content (AvgIpc) is 2.70. The number of aromatic nitrogens is 1. The fourth-order valence-electron chi connectivity index (χ4n) is 1.28. The van der Waals surface area contributed by atoms with Gasteiger partial charge >= 0.3 is 0 Å². The van der Waals surface area contributed by atoms with Crippen LogP contribution < -0.4 is 5.73 Å². The van der Waals surface area contributed by atoms with Gasteiger partial charge in [0.05, 0.1) is 0 Å². The molecule has 0 aliphatic heterocycles. The number of rotatable bonds is 2. The van der Waals surface area contributed by atoms with Crippen molar-refractivity contribution in [2.45, 2.75) is 13.0 Å². The van der Waals surface area contributed by atoms with Crippen molar-refractivity contribution < 1.29 is 4.39 Å². The fourth-order valence-corrected chi connectivity index (χ4v) is 2.75. The highest BCUT2D eigenvalue weighted by atomic mass is 79.9. The number of halogens is 2. The first-order valence-electron chi connectivity index (χ1n) is 4.74. The topological polar surface area (TPSA) is 38.9 Å². The van der Waals surface area contributed by atoms with E-state index >= 15 is 0 Å². The zero-order valence-corrected chi connectivity index (χ0v) is 11.0. The zero-order chi connectivity index (χ0) is 11.7. The molecule has 2 nitrogen and oxygen atoms in total. The molecule has 1 heterocycles. The second-order valence-corrected chi connectivity index (χ2v) is 5.40. The highest BCUT2D eigenvalue weighted by Gasteiger charge is 2.11. The van der Waals surface area contributed by atoms with Crippen molar-refractivity contribution in [3.63, 3.8) is 0 Å². The Morgan fingerprint density at radius 1 is 1.50 bits per heavy atom. The third kappa shape index (κ3) is 2.31. The van der Waals surface area contributed by atoms with Crippen molar-refractivity contribution in [1.82, 2.24) is 4.98 Å². The van der Waals surface area contributed by atoms with E-state index in [1.165, 1.54) is 23.5 Å². The molecule has 0 saturated heterocycles. The van der Waals surface area contributed by atoms with Crippen LogP contribution in [0.5, 0.6) is 0 Å². The Hall–Kier alpha value is -0.780. The molecule has 2 rings (SSSR count). The minimum atomic E-state index is -0.268. The predicted octanol–water partition coefficient (Wildman–Crippen LogP) is 3.73. The third-order valence-corrected chi connectivity index (χ3v) is 4.05. The largest absolute Gasteiger partial charge is 0.323 e. The number of hydrogen-bond donors (Lipinski definition) is 1. The van der Waals surface area contributed by atoms with Crippen LogP contribution in [0, 0.1) is 5.82 Å². The van der Waals surface area contributed by atoms with Crippen molar-refractivity contribution in [3.05, 3.63) is 39.6 Å². The van der Waals surface area contributed by atoms with Gasteiger partial charge < -0.3 is 5.73 Å². The summed E-state index contributed by atoms with van der Waals surface area (Å²) in [4.78, 5) is 5.24. The Kier molecular flexibility index (Phi) is 3.37. The molecule has 0 saturated carbocycles. The predicted molar refractivity (Wildman–Crippen MR) is 67.8 cm³/mol. The second-order valence-electron chi connectivity index (χ2n) is 3.48. The molecule has 84 valence electrons. The van der Waals surface area contributed by atoms with Crippen LogP contribution in [0.2, 0.25) is 0 Å². The summed E-state index contributed by atoms with van der Waals surface area (Å²) in [5, 5.41) is 0.777. The molecule has 0 spiro atoms. The van der Waals surface area contributed by atoms with E-state index in [4.69, 9.17) is 5.73 Å². The van der Waals surface area contributed by atoms with E-state index < -0.39 is 0 Å². The molecule has 1 unspecified atom stereocenters. The summed E-state index contributed by atoms with van der Waals surface area (Å²) >= 11 is 4.87. The van der Waals surface area contributed by atoms with Crippen molar-refractivity contribution in [2.24, 2.45) is 5.73 Å². The Bertz CT molecular complexity index is 510. The number of benzene rings is 1. The summed E-state index contributed by atoms with van der Waals surface area (Å²) in [5.41, 5.74) is 6.52. The van der Waals surface area contributed by atoms with Gasteiger partial charge in [-0.25, -0.2) is 9.37 Å². The van der Waals surface area contributed by atoms with E-state index in [0.717, 1.165) is 19.9 Å². The van der Waals surface area contributed by atoms with E-state index in [1.807, 2.05) is 6.92 Å². The first-order chi connectivity index (χ1) is 7.58. The maximum absolute atomic E-state index is 13.1.